The molecule has 1 rings (SSSR count). The maximum Gasteiger partial charge on any atom is 0.305 e. The molecule has 5 nitrogen and oxygen atoms in total. The number of ether oxygens (including phenoxy) is 1. The summed E-state index contributed by atoms with van der Waals surface area (Å²) in [5.74, 6) is -0.777. The van der Waals surface area contributed by atoms with Gasteiger partial charge < -0.3 is 14.7 Å². The molecule has 0 saturated heterocycles. The molecular formula is C14H25NO4. The molecule has 0 atom stereocenters. The second kappa shape index (κ2) is 7.48. The average Bonchev–Trinajstić information content (AvgIpc) is 2.85. The molecule has 1 saturated carbocycles. The predicted octanol–water partition coefficient (Wildman–Crippen LogP) is 1.91. The summed E-state index contributed by atoms with van der Waals surface area (Å²) in [5, 5.41) is 8.69. The lowest BCUT2D eigenvalue weighted by atomic mass is 9.81. The third-order valence-corrected chi connectivity index (χ3v) is 3.95. The molecule has 1 amide bonds. The molecule has 19 heavy (non-hydrogen) atoms. The number of rotatable bonds is 8. The van der Waals surface area contributed by atoms with Crippen molar-refractivity contribution in [2.45, 2.75) is 45.4 Å². The number of carbonyl (C=O) groups is 2. The molecule has 0 unspecified atom stereocenters. The summed E-state index contributed by atoms with van der Waals surface area (Å²) in [5.41, 5.74) is -0.317. The minimum absolute atomic E-state index is 0.00375. The molecule has 0 bridgehead atoms. The lowest BCUT2D eigenvalue weighted by Gasteiger charge is -2.32. The molecule has 0 aliphatic heterocycles. The third-order valence-electron chi connectivity index (χ3n) is 3.95. The van der Waals surface area contributed by atoms with Gasteiger partial charge in [0.1, 0.15) is 0 Å². The molecule has 1 fully saturated rings. The first kappa shape index (κ1) is 16.0. The maximum absolute atomic E-state index is 12.6. The van der Waals surface area contributed by atoms with Gasteiger partial charge in [-0.15, -0.1) is 0 Å². The molecule has 0 aromatic rings. The third kappa shape index (κ3) is 4.49. The Morgan fingerprint density at radius 2 is 1.95 bits per heavy atom. The quantitative estimate of drug-likeness (QED) is 0.685. The maximum atomic E-state index is 12.6. The van der Waals surface area contributed by atoms with Gasteiger partial charge in [0, 0.05) is 26.8 Å². The summed E-state index contributed by atoms with van der Waals surface area (Å²) in [4.78, 5) is 24.7. The lowest BCUT2D eigenvalue weighted by molar-refractivity contribution is -0.143. The van der Waals surface area contributed by atoms with Gasteiger partial charge in [-0.05, 0) is 26.2 Å². The Labute approximate surface area is 114 Å². The molecule has 0 aromatic heterocycles. The standard InChI is InChI=1S/C14H25NO4/c1-3-19-11-9-14(7-4-5-8-14)13(18)15(2)10-6-12(16)17/h3-11H2,1-2H3,(H,16,17). The Kier molecular flexibility index (Phi) is 6.28. The summed E-state index contributed by atoms with van der Waals surface area (Å²) < 4.78 is 5.38. The molecular weight excluding hydrogens is 246 g/mol. The first-order valence-electron chi connectivity index (χ1n) is 7.07. The van der Waals surface area contributed by atoms with Crippen molar-refractivity contribution in [3.8, 4) is 0 Å². The summed E-state index contributed by atoms with van der Waals surface area (Å²) in [6, 6.07) is 0. The van der Waals surface area contributed by atoms with E-state index < -0.39 is 5.97 Å². The number of hydrogen-bond acceptors (Lipinski definition) is 3. The van der Waals surface area contributed by atoms with Gasteiger partial charge in [0.05, 0.1) is 11.8 Å². The highest BCUT2D eigenvalue weighted by atomic mass is 16.5. The van der Waals surface area contributed by atoms with E-state index in [1.807, 2.05) is 6.92 Å². The van der Waals surface area contributed by atoms with Crippen molar-refractivity contribution in [3.63, 3.8) is 0 Å². The Bertz CT molecular complexity index is 311. The van der Waals surface area contributed by atoms with Gasteiger partial charge in [0.25, 0.3) is 0 Å². The highest BCUT2D eigenvalue weighted by molar-refractivity contribution is 5.83. The molecule has 0 aromatic carbocycles. The minimum Gasteiger partial charge on any atom is -0.481 e. The van der Waals surface area contributed by atoms with Crippen molar-refractivity contribution in [3.05, 3.63) is 0 Å². The average molecular weight is 271 g/mol. The van der Waals surface area contributed by atoms with Crippen LogP contribution in [0.2, 0.25) is 0 Å². The van der Waals surface area contributed by atoms with Crippen molar-refractivity contribution in [1.29, 1.82) is 0 Å². The molecule has 0 radical (unpaired) electrons. The van der Waals surface area contributed by atoms with Crippen molar-refractivity contribution in [2.24, 2.45) is 5.41 Å². The second-order valence-electron chi connectivity index (χ2n) is 5.30. The van der Waals surface area contributed by atoms with Gasteiger partial charge in [-0.2, -0.15) is 0 Å². The van der Waals surface area contributed by atoms with Crippen molar-refractivity contribution < 1.29 is 19.4 Å². The van der Waals surface area contributed by atoms with Crippen LogP contribution in [0, 0.1) is 5.41 Å². The molecule has 0 heterocycles. The highest BCUT2D eigenvalue weighted by Gasteiger charge is 2.42. The zero-order valence-electron chi connectivity index (χ0n) is 12.0. The van der Waals surface area contributed by atoms with E-state index >= 15 is 0 Å². The fourth-order valence-corrected chi connectivity index (χ4v) is 2.80. The van der Waals surface area contributed by atoms with Crippen molar-refractivity contribution in [1.82, 2.24) is 4.90 Å². The highest BCUT2D eigenvalue weighted by Crippen LogP contribution is 2.42. The second-order valence-corrected chi connectivity index (χ2v) is 5.30. The van der Waals surface area contributed by atoms with Crippen LogP contribution in [-0.4, -0.2) is 48.7 Å². The molecule has 110 valence electrons. The van der Waals surface area contributed by atoms with E-state index in [0.29, 0.717) is 13.2 Å². The van der Waals surface area contributed by atoms with E-state index in [0.717, 1.165) is 32.1 Å². The number of carboxylic acids is 1. The zero-order valence-corrected chi connectivity index (χ0v) is 12.0. The van der Waals surface area contributed by atoms with Gasteiger partial charge in [0.15, 0.2) is 0 Å². The first-order chi connectivity index (χ1) is 9.02. The minimum atomic E-state index is -0.866. The van der Waals surface area contributed by atoms with Gasteiger partial charge in [-0.1, -0.05) is 12.8 Å². The first-order valence-corrected chi connectivity index (χ1v) is 7.07. The smallest absolute Gasteiger partial charge is 0.305 e. The molecule has 0 spiro atoms. The summed E-state index contributed by atoms with van der Waals surface area (Å²) >= 11 is 0. The Morgan fingerprint density at radius 3 is 2.47 bits per heavy atom. The van der Waals surface area contributed by atoms with Crippen LogP contribution in [0.5, 0.6) is 0 Å². The molecule has 1 aliphatic carbocycles. The lowest BCUT2D eigenvalue weighted by Crippen LogP contribution is -2.42. The Balaban J connectivity index is 2.58. The zero-order chi connectivity index (χ0) is 14.3. The fraction of sp³-hybridized carbons (Fsp3) is 0.857. The molecule has 5 heteroatoms. The van der Waals surface area contributed by atoms with E-state index in [2.05, 4.69) is 0 Å². The molecule has 1 aliphatic rings. The van der Waals surface area contributed by atoms with Crippen LogP contribution in [0.25, 0.3) is 0 Å². The van der Waals surface area contributed by atoms with Crippen LogP contribution in [0.4, 0.5) is 0 Å². The van der Waals surface area contributed by atoms with Crippen LogP contribution < -0.4 is 0 Å². The number of carbonyl (C=O) groups excluding carboxylic acids is 1. The van der Waals surface area contributed by atoms with Crippen LogP contribution >= 0.6 is 0 Å². The van der Waals surface area contributed by atoms with Gasteiger partial charge in [-0.25, -0.2) is 0 Å². The van der Waals surface area contributed by atoms with Crippen LogP contribution in [0.15, 0.2) is 0 Å². The monoisotopic (exact) mass is 271 g/mol. The number of amides is 1. The van der Waals surface area contributed by atoms with E-state index in [1.165, 1.54) is 0 Å². The van der Waals surface area contributed by atoms with Gasteiger partial charge in [0.2, 0.25) is 5.91 Å². The van der Waals surface area contributed by atoms with Gasteiger partial charge in [-0.3, -0.25) is 9.59 Å². The Hall–Kier alpha value is -1.10. The largest absolute Gasteiger partial charge is 0.481 e. The Morgan fingerprint density at radius 1 is 1.32 bits per heavy atom. The molecule has 1 N–H and O–H groups in total. The number of nitrogens with zero attached hydrogens (tertiary/aromatic N) is 1. The summed E-state index contributed by atoms with van der Waals surface area (Å²) in [6.07, 6.45) is 4.70. The number of hydrogen-bond donors (Lipinski definition) is 1. The summed E-state index contributed by atoms with van der Waals surface area (Å²) in [6.45, 7) is 3.50. The van der Waals surface area contributed by atoms with E-state index in [9.17, 15) is 9.59 Å². The SMILES string of the molecule is CCOCCC1(C(=O)N(C)CCC(=O)O)CCCC1. The topological polar surface area (TPSA) is 66.8 Å². The number of aliphatic carboxylic acids is 1. The summed E-state index contributed by atoms with van der Waals surface area (Å²) in [7, 11) is 1.70. The van der Waals surface area contributed by atoms with Crippen molar-refractivity contribution in [2.75, 3.05) is 26.8 Å². The normalized spacial score (nSPS) is 17.4. The number of carboxylic acid groups (broad SMARTS) is 1. The van der Waals surface area contributed by atoms with E-state index in [-0.39, 0.29) is 24.3 Å². The van der Waals surface area contributed by atoms with Crippen LogP contribution in [0.3, 0.4) is 0 Å². The predicted molar refractivity (Wildman–Crippen MR) is 71.9 cm³/mol. The van der Waals surface area contributed by atoms with Gasteiger partial charge >= 0.3 is 5.97 Å². The van der Waals surface area contributed by atoms with Crippen LogP contribution in [0.1, 0.15) is 45.4 Å². The van der Waals surface area contributed by atoms with Crippen molar-refractivity contribution >= 4 is 11.9 Å². The van der Waals surface area contributed by atoms with E-state index in [4.69, 9.17) is 9.84 Å². The van der Waals surface area contributed by atoms with E-state index in [1.54, 1.807) is 11.9 Å². The fourth-order valence-electron chi connectivity index (χ4n) is 2.80. The van der Waals surface area contributed by atoms with Crippen LogP contribution in [-0.2, 0) is 14.3 Å².